The van der Waals surface area contributed by atoms with Crippen LogP contribution in [0, 0.1) is 0 Å². The molecule has 0 spiro atoms. The van der Waals surface area contributed by atoms with E-state index in [0.29, 0.717) is 6.17 Å². The Morgan fingerprint density at radius 1 is 1.20 bits per heavy atom. The normalized spacial score (nSPS) is 12.0. The second kappa shape index (κ2) is 5.11. The topological polar surface area (TPSA) is 39.7 Å². The SMILES string of the molecule is CO[Si](CNS)(OC)OC. The summed E-state index contributed by atoms with van der Waals surface area (Å²) in [5.74, 6) is 0. The fraction of sp³-hybridized carbons (Fsp3) is 1.00. The van der Waals surface area contributed by atoms with Crippen molar-refractivity contribution in [1.82, 2.24) is 4.72 Å². The van der Waals surface area contributed by atoms with Crippen LogP contribution in [0.25, 0.3) is 0 Å². The minimum atomic E-state index is -2.40. The molecule has 0 aromatic rings. The van der Waals surface area contributed by atoms with Crippen molar-refractivity contribution in [3.05, 3.63) is 0 Å². The summed E-state index contributed by atoms with van der Waals surface area (Å²) >= 11 is 3.82. The van der Waals surface area contributed by atoms with Gasteiger partial charge in [0.15, 0.2) is 0 Å². The Labute approximate surface area is 67.8 Å². The summed E-state index contributed by atoms with van der Waals surface area (Å²) in [6.07, 6.45) is 0.500. The van der Waals surface area contributed by atoms with Gasteiger partial charge in [0, 0.05) is 21.3 Å². The highest BCUT2D eigenvalue weighted by molar-refractivity contribution is 7.78. The molecule has 0 aliphatic heterocycles. The Morgan fingerprint density at radius 2 is 1.60 bits per heavy atom. The third-order valence-corrected chi connectivity index (χ3v) is 4.16. The average molecular weight is 183 g/mol. The number of nitrogens with one attached hydrogen (secondary N) is 1. The smallest absolute Gasteiger partial charge is 0.376 e. The first-order chi connectivity index (χ1) is 4.74. The molecule has 0 saturated carbocycles. The van der Waals surface area contributed by atoms with Crippen LogP contribution in [0.4, 0.5) is 0 Å². The molecule has 4 nitrogen and oxygen atoms in total. The molecule has 62 valence electrons. The molecular weight excluding hydrogens is 170 g/mol. The second-order valence-corrected chi connectivity index (χ2v) is 4.89. The molecule has 0 atom stereocenters. The van der Waals surface area contributed by atoms with Crippen LogP contribution in [0.2, 0.25) is 0 Å². The molecule has 0 fully saturated rings. The van der Waals surface area contributed by atoms with E-state index in [1.54, 1.807) is 21.3 Å². The molecule has 0 bridgehead atoms. The van der Waals surface area contributed by atoms with Crippen LogP contribution in [-0.2, 0) is 13.3 Å². The summed E-state index contributed by atoms with van der Waals surface area (Å²) in [5, 5.41) is 0. The van der Waals surface area contributed by atoms with Gasteiger partial charge in [-0.25, -0.2) is 0 Å². The quantitative estimate of drug-likeness (QED) is 0.459. The van der Waals surface area contributed by atoms with Gasteiger partial charge in [0.2, 0.25) is 0 Å². The number of hydrogen-bond donors (Lipinski definition) is 2. The zero-order valence-corrected chi connectivity index (χ0v) is 8.27. The summed E-state index contributed by atoms with van der Waals surface area (Å²) < 4.78 is 17.8. The second-order valence-electron chi connectivity index (χ2n) is 1.63. The molecule has 0 heterocycles. The van der Waals surface area contributed by atoms with E-state index in [4.69, 9.17) is 13.3 Å². The third-order valence-electron chi connectivity index (χ3n) is 1.23. The number of thiol groups is 1. The van der Waals surface area contributed by atoms with Crippen molar-refractivity contribution in [2.75, 3.05) is 27.5 Å². The summed E-state index contributed by atoms with van der Waals surface area (Å²) in [4.78, 5) is 0. The maximum absolute atomic E-state index is 5.06. The number of hydrogen-bond acceptors (Lipinski definition) is 5. The molecule has 0 rings (SSSR count). The van der Waals surface area contributed by atoms with E-state index in [1.807, 2.05) is 0 Å². The zero-order valence-electron chi connectivity index (χ0n) is 6.38. The van der Waals surface area contributed by atoms with Crippen molar-refractivity contribution in [3.63, 3.8) is 0 Å². The zero-order chi connectivity index (χ0) is 8.04. The first kappa shape index (κ1) is 10.4. The van der Waals surface area contributed by atoms with Gasteiger partial charge in [-0.2, -0.15) is 0 Å². The Bertz CT molecular complexity index is 82.3. The van der Waals surface area contributed by atoms with Crippen LogP contribution < -0.4 is 4.72 Å². The minimum Gasteiger partial charge on any atom is -0.376 e. The summed E-state index contributed by atoms with van der Waals surface area (Å²) in [7, 11) is 2.27. The predicted molar refractivity (Wildman–Crippen MR) is 43.8 cm³/mol. The molecule has 0 aliphatic rings. The van der Waals surface area contributed by atoms with Crippen LogP contribution in [-0.4, -0.2) is 36.3 Å². The van der Waals surface area contributed by atoms with Gasteiger partial charge in [-0.15, -0.1) is 0 Å². The maximum Gasteiger partial charge on any atom is 0.515 e. The van der Waals surface area contributed by atoms with Gasteiger partial charge >= 0.3 is 8.80 Å². The molecule has 0 radical (unpaired) electrons. The largest absolute Gasteiger partial charge is 0.515 e. The van der Waals surface area contributed by atoms with Crippen molar-refractivity contribution in [2.24, 2.45) is 0 Å². The Morgan fingerprint density at radius 3 is 1.70 bits per heavy atom. The van der Waals surface area contributed by atoms with Gasteiger partial charge < -0.3 is 13.3 Å². The molecule has 1 N–H and O–H groups in total. The van der Waals surface area contributed by atoms with Gasteiger partial charge in [0.1, 0.15) is 0 Å². The molecule has 6 heteroatoms. The lowest BCUT2D eigenvalue weighted by molar-refractivity contribution is 0.124. The van der Waals surface area contributed by atoms with Crippen LogP contribution in [0.1, 0.15) is 0 Å². The van der Waals surface area contributed by atoms with Crippen molar-refractivity contribution in [2.45, 2.75) is 0 Å². The van der Waals surface area contributed by atoms with E-state index < -0.39 is 8.80 Å². The van der Waals surface area contributed by atoms with Gasteiger partial charge in [-0.05, 0) is 0 Å². The molecule has 10 heavy (non-hydrogen) atoms. The summed E-state index contributed by atoms with van der Waals surface area (Å²) in [5.41, 5.74) is 0. The van der Waals surface area contributed by atoms with E-state index in [2.05, 4.69) is 17.5 Å². The summed E-state index contributed by atoms with van der Waals surface area (Å²) in [6, 6.07) is 0. The van der Waals surface area contributed by atoms with Crippen LogP contribution >= 0.6 is 12.8 Å². The van der Waals surface area contributed by atoms with E-state index in [0.717, 1.165) is 0 Å². The Kier molecular flexibility index (Phi) is 5.32. The number of rotatable bonds is 5. The molecule has 0 aliphatic carbocycles. The third kappa shape index (κ3) is 2.57. The van der Waals surface area contributed by atoms with Crippen molar-refractivity contribution >= 4 is 21.6 Å². The summed E-state index contributed by atoms with van der Waals surface area (Å²) in [6.45, 7) is 0. The van der Waals surface area contributed by atoms with Crippen LogP contribution in [0.3, 0.4) is 0 Å². The van der Waals surface area contributed by atoms with Crippen LogP contribution in [0.15, 0.2) is 0 Å². The van der Waals surface area contributed by atoms with Gasteiger partial charge in [-0.3, -0.25) is 4.72 Å². The highest BCUT2D eigenvalue weighted by atomic mass is 32.1. The van der Waals surface area contributed by atoms with E-state index in [1.165, 1.54) is 0 Å². The fourth-order valence-electron chi connectivity index (χ4n) is 0.563. The van der Waals surface area contributed by atoms with Gasteiger partial charge in [-0.1, -0.05) is 12.8 Å². The average Bonchev–Trinajstić information content (AvgIpc) is 2.01. The lowest BCUT2D eigenvalue weighted by atomic mass is 11.5. The van der Waals surface area contributed by atoms with Crippen molar-refractivity contribution in [3.8, 4) is 0 Å². The van der Waals surface area contributed by atoms with E-state index in [-0.39, 0.29) is 0 Å². The Balaban J connectivity index is 3.87. The molecule has 0 amide bonds. The van der Waals surface area contributed by atoms with E-state index >= 15 is 0 Å². The highest BCUT2D eigenvalue weighted by Crippen LogP contribution is 2.03. The van der Waals surface area contributed by atoms with Crippen molar-refractivity contribution < 1.29 is 13.3 Å². The lowest BCUT2D eigenvalue weighted by Crippen LogP contribution is -2.50. The molecule has 0 aromatic carbocycles. The molecule has 0 unspecified atom stereocenters. The molecule has 0 saturated heterocycles. The minimum absolute atomic E-state index is 0.500. The van der Waals surface area contributed by atoms with Gasteiger partial charge in [0.25, 0.3) is 0 Å². The Hall–Kier alpha value is 0.407. The van der Waals surface area contributed by atoms with Gasteiger partial charge in [0.05, 0.1) is 6.17 Å². The van der Waals surface area contributed by atoms with Crippen LogP contribution in [0.5, 0.6) is 0 Å². The predicted octanol–water partition coefficient (Wildman–Crippen LogP) is -0.162. The standard InChI is InChI=1S/C4H13NO3SSi/c1-6-10(7-2,8-3)4-5-9/h5,9H,4H2,1-3H3. The highest BCUT2D eigenvalue weighted by Gasteiger charge is 2.36. The fourth-order valence-corrected chi connectivity index (χ4v) is 2.27. The first-order valence-electron chi connectivity index (χ1n) is 2.77. The van der Waals surface area contributed by atoms with Crippen molar-refractivity contribution in [1.29, 1.82) is 0 Å². The first-order valence-corrected chi connectivity index (χ1v) is 5.15. The lowest BCUT2D eigenvalue weighted by Gasteiger charge is -2.23. The maximum atomic E-state index is 5.06. The van der Waals surface area contributed by atoms with E-state index in [9.17, 15) is 0 Å². The molecule has 0 aromatic heterocycles. The monoisotopic (exact) mass is 183 g/mol. The molecular formula is C4H13NO3SSi.